The summed E-state index contributed by atoms with van der Waals surface area (Å²) in [7, 11) is -0.427. The molecule has 1 heterocycles. The van der Waals surface area contributed by atoms with Crippen molar-refractivity contribution in [2.75, 3.05) is 6.61 Å². The molecule has 0 atom stereocenters. The van der Waals surface area contributed by atoms with Crippen LogP contribution < -0.4 is 0 Å². The summed E-state index contributed by atoms with van der Waals surface area (Å²) in [6.07, 6.45) is 1.21. The Bertz CT molecular complexity index is 322. The van der Waals surface area contributed by atoms with E-state index in [0.29, 0.717) is 6.42 Å². The Morgan fingerprint density at radius 3 is 3.00 bits per heavy atom. The number of carbonyl (C=O) groups is 1. The topological polar surface area (TPSA) is 43.4 Å². The van der Waals surface area contributed by atoms with Crippen molar-refractivity contribution in [3.63, 3.8) is 0 Å². The standard InChI is InChI=1S/C9H11O3PS/c1-7-4-5-14-9(7)3-2-8(10)6-12-13-11/h4-5H,2-3,6H2,1H3. The van der Waals surface area contributed by atoms with E-state index in [1.807, 2.05) is 18.4 Å². The van der Waals surface area contributed by atoms with Crippen LogP contribution >= 0.6 is 20.0 Å². The molecule has 0 aliphatic carbocycles. The van der Waals surface area contributed by atoms with E-state index >= 15 is 0 Å². The molecule has 1 rings (SSSR count). The second kappa shape index (κ2) is 6.02. The van der Waals surface area contributed by atoms with Gasteiger partial charge in [0.05, 0.1) is 0 Å². The molecule has 1 aromatic heterocycles. The molecule has 0 N–H and O–H groups in total. The van der Waals surface area contributed by atoms with Crippen molar-refractivity contribution >= 4 is 25.8 Å². The average molecular weight is 230 g/mol. The smallest absolute Gasteiger partial charge is 0.297 e. The van der Waals surface area contributed by atoms with Crippen LogP contribution in [0.1, 0.15) is 16.9 Å². The van der Waals surface area contributed by atoms with Crippen molar-refractivity contribution in [2.24, 2.45) is 0 Å². The van der Waals surface area contributed by atoms with Crippen LogP contribution in [0.25, 0.3) is 0 Å². The summed E-state index contributed by atoms with van der Waals surface area (Å²) in [4.78, 5) is 12.4. The maximum atomic E-state index is 11.1. The second-order valence-corrected chi connectivity index (χ2v) is 4.32. The normalized spacial score (nSPS) is 10.6. The molecular formula is C9H11O3PS. The van der Waals surface area contributed by atoms with Crippen molar-refractivity contribution in [2.45, 2.75) is 19.8 Å². The Labute approximate surface area is 88.4 Å². The minimum atomic E-state index is -0.427. The lowest BCUT2D eigenvalue weighted by Gasteiger charge is -1.98. The Balaban J connectivity index is 2.30. The van der Waals surface area contributed by atoms with Crippen molar-refractivity contribution in [3.05, 3.63) is 21.9 Å². The van der Waals surface area contributed by atoms with Crippen LogP contribution in [-0.4, -0.2) is 12.4 Å². The van der Waals surface area contributed by atoms with Gasteiger partial charge in [0, 0.05) is 11.3 Å². The zero-order valence-electron chi connectivity index (χ0n) is 7.86. The maximum Gasteiger partial charge on any atom is 0.327 e. The third-order valence-electron chi connectivity index (χ3n) is 1.88. The van der Waals surface area contributed by atoms with Gasteiger partial charge in [-0.15, -0.1) is 11.3 Å². The van der Waals surface area contributed by atoms with Crippen LogP contribution in [0.4, 0.5) is 0 Å². The third kappa shape index (κ3) is 3.66. The summed E-state index contributed by atoms with van der Waals surface area (Å²) in [5.41, 5.74) is 1.23. The molecule has 5 heteroatoms. The van der Waals surface area contributed by atoms with Gasteiger partial charge >= 0.3 is 8.69 Å². The molecule has 1 aromatic rings. The zero-order valence-corrected chi connectivity index (χ0v) is 9.57. The number of aryl methyl sites for hydroxylation is 2. The van der Waals surface area contributed by atoms with Gasteiger partial charge in [0.2, 0.25) is 0 Å². The molecule has 3 nitrogen and oxygen atoms in total. The summed E-state index contributed by atoms with van der Waals surface area (Å²) < 4.78 is 14.4. The van der Waals surface area contributed by atoms with E-state index in [0.717, 1.165) is 6.42 Å². The third-order valence-corrected chi connectivity index (χ3v) is 3.19. The Morgan fingerprint density at radius 1 is 1.64 bits per heavy atom. The predicted molar refractivity (Wildman–Crippen MR) is 55.9 cm³/mol. The number of carbonyl (C=O) groups excluding carboxylic acids is 1. The molecule has 0 bridgehead atoms. The molecular weight excluding hydrogens is 219 g/mol. The highest BCUT2D eigenvalue weighted by atomic mass is 32.1. The van der Waals surface area contributed by atoms with Crippen LogP contribution in [0.3, 0.4) is 0 Å². The van der Waals surface area contributed by atoms with Crippen LogP contribution in [-0.2, 0) is 20.3 Å². The zero-order chi connectivity index (χ0) is 10.4. The maximum absolute atomic E-state index is 11.1. The number of Topliss-reactive ketones (excluding diaryl/α,β-unsaturated/α-hetero) is 1. The SMILES string of the molecule is Cc1ccsc1CCC(=O)COP=O. The average Bonchev–Trinajstić information content (AvgIpc) is 2.58. The first-order valence-electron chi connectivity index (χ1n) is 4.23. The highest BCUT2D eigenvalue weighted by Gasteiger charge is 2.05. The van der Waals surface area contributed by atoms with E-state index in [4.69, 9.17) is 0 Å². The lowest BCUT2D eigenvalue weighted by molar-refractivity contribution is -0.120. The van der Waals surface area contributed by atoms with Gasteiger partial charge in [0.25, 0.3) is 0 Å². The van der Waals surface area contributed by atoms with E-state index in [9.17, 15) is 9.36 Å². The molecule has 0 spiro atoms. The Kier molecular flexibility index (Phi) is 4.94. The predicted octanol–water partition coefficient (Wildman–Crippen LogP) is 2.78. The van der Waals surface area contributed by atoms with Gasteiger partial charge in [-0.05, 0) is 30.4 Å². The van der Waals surface area contributed by atoms with Gasteiger partial charge in [-0.2, -0.15) is 0 Å². The highest BCUT2D eigenvalue weighted by molar-refractivity contribution is 7.17. The van der Waals surface area contributed by atoms with E-state index in [2.05, 4.69) is 4.52 Å². The monoisotopic (exact) mass is 230 g/mol. The molecule has 0 aromatic carbocycles. The number of rotatable bonds is 6. The van der Waals surface area contributed by atoms with Crippen molar-refractivity contribution in [3.8, 4) is 0 Å². The van der Waals surface area contributed by atoms with Crippen molar-refractivity contribution in [1.82, 2.24) is 0 Å². The first-order valence-corrected chi connectivity index (χ1v) is 5.84. The van der Waals surface area contributed by atoms with Gasteiger partial charge in [0.1, 0.15) is 6.61 Å². The molecule has 0 aliphatic heterocycles. The van der Waals surface area contributed by atoms with Crippen molar-refractivity contribution < 1.29 is 13.9 Å². The lowest BCUT2D eigenvalue weighted by Crippen LogP contribution is -2.05. The van der Waals surface area contributed by atoms with Gasteiger partial charge < -0.3 is 0 Å². The van der Waals surface area contributed by atoms with E-state index < -0.39 is 8.69 Å². The van der Waals surface area contributed by atoms with Gasteiger partial charge in [-0.3, -0.25) is 9.32 Å². The Morgan fingerprint density at radius 2 is 2.43 bits per heavy atom. The van der Waals surface area contributed by atoms with E-state index in [1.165, 1.54) is 10.4 Å². The first kappa shape index (κ1) is 11.5. The number of ketones is 1. The summed E-state index contributed by atoms with van der Waals surface area (Å²) in [6, 6.07) is 2.04. The van der Waals surface area contributed by atoms with E-state index in [1.54, 1.807) is 11.3 Å². The summed E-state index contributed by atoms with van der Waals surface area (Å²) >= 11 is 1.66. The molecule has 14 heavy (non-hydrogen) atoms. The summed E-state index contributed by atoms with van der Waals surface area (Å²) in [5, 5.41) is 2.02. The van der Waals surface area contributed by atoms with Crippen LogP contribution in [0.5, 0.6) is 0 Å². The van der Waals surface area contributed by atoms with Gasteiger partial charge in [-0.1, -0.05) is 0 Å². The molecule has 0 saturated carbocycles. The molecule has 0 fully saturated rings. The molecule has 0 radical (unpaired) electrons. The summed E-state index contributed by atoms with van der Waals surface area (Å²) in [6.45, 7) is 1.97. The fourth-order valence-corrected chi connectivity index (χ4v) is 2.19. The fourth-order valence-electron chi connectivity index (χ4n) is 1.08. The Hall–Kier alpha value is -0.570. The minimum absolute atomic E-state index is 0.0128. The van der Waals surface area contributed by atoms with Gasteiger partial charge in [-0.25, -0.2) is 4.57 Å². The lowest BCUT2D eigenvalue weighted by atomic mass is 10.1. The van der Waals surface area contributed by atoms with Crippen molar-refractivity contribution in [1.29, 1.82) is 0 Å². The van der Waals surface area contributed by atoms with Crippen LogP contribution in [0, 0.1) is 6.92 Å². The molecule has 0 aliphatic rings. The number of hydrogen-bond acceptors (Lipinski definition) is 4. The largest absolute Gasteiger partial charge is 0.327 e. The quantitative estimate of drug-likeness (QED) is 0.706. The molecule has 76 valence electrons. The minimum Gasteiger partial charge on any atom is -0.297 e. The first-order chi connectivity index (χ1) is 6.74. The molecule has 0 saturated heterocycles. The fraction of sp³-hybridized carbons (Fsp3) is 0.444. The van der Waals surface area contributed by atoms with Gasteiger partial charge in [0.15, 0.2) is 5.78 Å². The number of thiophene rings is 1. The molecule has 0 amide bonds. The van der Waals surface area contributed by atoms with Crippen LogP contribution in [0.2, 0.25) is 0 Å². The second-order valence-electron chi connectivity index (χ2n) is 2.91. The molecule has 0 unspecified atom stereocenters. The van der Waals surface area contributed by atoms with E-state index in [-0.39, 0.29) is 12.4 Å². The summed E-state index contributed by atoms with van der Waals surface area (Å²) in [5.74, 6) is -0.0128. The van der Waals surface area contributed by atoms with Crippen LogP contribution in [0.15, 0.2) is 11.4 Å². The highest BCUT2D eigenvalue weighted by Crippen LogP contribution is 2.17. The number of hydrogen-bond donors (Lipinski definition) is 0.